The third kappa shape index (κ3) is 3.10. The zero-order valence-corrected chi connectivity index (χ0v) is 16.6. The molecule has 4 rings (SSSR count). The molecule has 0 aliphatic carbocycles. The van der Waals surface area contributed by atoms with E-state index in [9.17, 15) is 9.18 Å². The molecule has 0 saturated heterocycles. The van der Waals surface area contributed by atoms with Gasteiger partial charge in [0, 0.05) is 29.7 Å². The summed E-state index contributed by atoms with van der Waals surface area (Å²) < 4.78 is 36.2. The number of carbonyl (C=O) groups is 1. The number of benzene rings is 1. The summed E-state index contributed by atoms with van der Waals surface area (Å²) in [5, 5.41) is 0. The summed E-state index contributed by atoms with van der Waals surface area (Å²) in [6.45, 7) is 3.39. The highest BCUT2D eigenvalue weighted by Crippen LogP contribution is 2.33. The van der Waals surface area contributed by atoms with E-state index in [2.05, 4.69) is 15.0 Å². The molecule has 0 amide bonds. The van der Waals surface area contributed by atoms with Crippen LogP contribution in [-0.2, 0) is 14.9 Å². The maximum Gasteiger partial charge on any atom is 0.317 e. The van der Waals surface area contributed by atoms with Crippen LogP contribution in [0.3, 0.4) is 0 Å². The van der Waals surface area contributed by atoms with Crippen LogP contribution in [-0.4, -0.2) is 32.4 Å². The monoisotopic (exact) mass is 408 g/mol. The molecule has 30 heavy (non-hydrogen) atoms. The van der Waals surface area contributed by atoms with Gasteiger partial charge < -0.3 is 4.74 Å². The summed E-state index contributed by atoms with van der Waals surface area (Å²) in [6.07, 6.45) is 6.05. The molecule has 0 bridgehead atoms. The number of hydrogen-bond acceptors (Lipinski definition) is 5. The SMILES string of the molecule is COC(=O)C(C)(C)c1ccn2c(-c3ccc(F)c(-c4cccnc4)c3F)cnc2n1. The molecular weight excluding hydrogens is 390 g/mol. The molecule has 3 aromatic heterocycles. The predicted molar refractivity (Wildman–Crippen MR) is 107 cm³/mol. The number of aromatic nitrogens is 4. The van der Waals surface area contributed by atoms with Crippen LogP contribution in [0.1, 0.15) is 19.5 Å². The molecule has 4 aromatic rings. The average Bonchev–Trinajstić information content (AvgIpc) is 3.17. The maximum atomic E-state index is 15.3. The van der Waals surface area contributed by atoms with Gasteiger partial charge in [-0.3, -0.25) is 14.2 Å². The van der Waals surface area contributed by atoms with Gasteiger partial charge in [-0.15, -0.1) is 0 Å². The van der Waals surface area contributed by atoms with Gasteiger partial charge >= 0.3 is 5.97 Å². The fourth-order valence-corrected chi connectivity index (χ4v) is 3.30. The van der Waals surface area contributed by atoms with E-state index in [4.69, 9.17) is 4.74 Å². The fourth-order valence-electron chi connectivity index (χ4n) is 3.30. The van der Waals surface area contributed by atoms with Crippen LogP contribution in [0.15, 0.2) is 55.1 Å². The fraction of sp³-hybridized carbons (Fsp3) is 0.182. The Hall–Kier alpha value is -3.68. The number of methoxy groups -OCH3 is 1. The summed E-state index contributed by atoms with van der Waals surface area (Å²) in [5.41, 5.74) is 0.245. The molecule has 0 radical (unpaired) electrons. The number of halogens is 2. The molecule has 0 spiro atoms. The highest BCUT2D eigenvalue weighted by atomic mass is 19.1. The molecule has 0 aliphatic rings. The molecular formula is C22H18F2N4O2. The summed E-state index contributed by atoms with van der Waals surface area (Å²) in [7, 11) is 1.31. The third-order valence-electron chi connectivity index (χ3n) is 5.03. The van der Waals surface area contributed by atoms with Crippen LogP contribution in [0.4, 0.5) is 8.78 Å². The predicted octanol–water partition coefficient (Wildman–Crippen LogP) is 4.19. The van der Waals surface area contributed by atoms with Crippen LogP contribution < -0.4 is 0 Å². The van der Waals surface area contributed by atoms with Gasteiger partial charge in [0.25, 0.3) is 0 Å². The Morgan fingerprint density at radius 2 is 1.93 bits per heavy atom. The summed E-state index contributed by atoms with van der Waals surface area (Å²) in [5.74, 6) is -1.55. The lowest BCUT2D eigenvalue weighted by Crippen LogP contribution is -2.31. The van der Waals surface area contributed by atoms with E-state index in [-0.39, 0.29) is 16.9 Å². The number of rotatable bonds is 4. The van der Waals surface area contributed by atoms with Gasteiger partial charge in [0.05, 0.1) is 30.3 Å². The van der Waals surface area contributed by atoms with Gasteiger partial charge in [-0.1, -0.05) is 6.07 Å². The lowest BCUT2D eigenvalue weighted by atomic mass is 9.89. The van der Waals surface area contributed by atoms with Gasteiger partial charge in [0.1, 0.15) is 17.0 Å². The minimum Gasteiger partial charge on any atom is -0.468 e. The van der Waals surface area contributed by atoms with Gasteiger partial charge in [-0.25, -0.2) is 18.7 Å². The molecule has 0 atom stereocenters. The van der Waals surface area contributed by atoms with Crippen LogP contribution >= 0.6 is 0 Å². The second-order valence-corrected chi connectivity index (χ2v) is 7.27. The minimum absolute atomic E-state index is 0.160. The first kappa shape index (κ1) is 19.6. The van der Waals surface area contributed by atoms with Crippen molar-refractivity contribution in [2.45, 2.75) is 19.3 Å². The number of pyridine rings is 1. The summed E-state index contributed by atoms with van der Waals surface area (Å²) >= 11 is 0. The van der Waals surface area contributed by atoms with Crippen molar-refractivity contribution in [3.8, 4) is 22.4 Å². The molecule has 8 heteroatoms. The Bertz CT molecular complexity index is 1250. The average molecular weight is 408 g/mol. The van der Waals surface area contributed by atoms with Crippen LogP contribution in [0.2, 0.25) is 0 Å². The van der Waals surface area contributed by atoms with E-state index in [1.807, 2.05) is 0 Å². The summed E-state index contributed by atoms with van der Waals surface area (Å²) in [6, 6.07) is 7.43. The van der Waals surface area contributed by atoms with E-state index in [0.717, 1.165) is 0 Å². The van der Waals surface area contributed by atoms with Crippen LogP contribution in [0, 0.1) is 11.6 Å². The lowest BCUT2D eigenvalue weighted by Gasteiger charge is -2.20. The van der Waals surface area contributed by atoms with Crippen molar-refractivity contribution in [2.75, 3.05) is 7.11 Å². The van der Waals surface area contributed by atoms with Crippen molar-refractivity contribution in [3.05, 3.63) is 72.4 Å². The highest BCUT2D eigenvalue weighted by Gasteiger charge is 2.33. The second-order valence-electron chi connectivity index (χ2n) is 7.27. The van der Waals surface area contributed by atoms with Crippen molar-refractivity contribution in [3.63, 3.8) is 0 Å². The van der Waals surface area contributed by atoms with E-state index in [1.54, 1.807) is 42.6 Å². The lowest BCUT2D eigenvalue weighted by molar-refractivity contribution is -0.146. The molecule has 152 valence electrons. The molecule has 0 unspecified atom stereocenters. The first-order chi connectivity index (χ1) is 14.3. The Morgan fingerprint density at radius 3 is 2.63 bits per heavy atom. The van der Waals surface area contributed by atoms with Gasteiger partial charge in [-0.05, 0) is 38.1 Å². The summed E-state index contributed by atoms with van der Waals surface area (Å²) in [4.78, 5) is 24.7. The number of esters is 1. The Morgan fingerprint density at radius 1 is 1.13 bits per heavy atom. The maximum absolute atomic E-state index is 15.3. The molecule has 0 aliphatic heterocycles. The second kappa shape index (κ2) is 7.29. The van der Waals surface area contributed by atoms with E-state index in [1.165, 1.54) is 37.8 Å². The van der Waals surface area contributed by atoms with Crippen LogP contribution in [0.5, 0.6) is 0 Å². The van der Waals surface area contributed by atoms with E-state index < -0.39 is 23.0 Å². The minimum atomic E-state index is -0.975. The Balaban J connectivity index is 1.85. The zero-order chi connectivity index (χ0) is 21.5. The number of fused-ring (bicyclic) bond motifs is 1. The third-order valence-corrected chi connectivity index (χ3v) is 5.03. The molecule has 6 nitrogen and oxygen atoms in total. The first-order valence-corrected chi connectivity index (χ1v) is 9.16. The van der Waals surface area contributed by atoms with E-state index in [0.29, 0.717) is 17.0 Å². The van der Waals surface area contributed by atoms with Gasteiger partial charge in [-0.2, -0.15) is 0 Å². The van der Waals surface area contributed by atoms with Crippen molar-refractivity contribution < 1.29 is 18.3 Å². The number of hydrogen-bond donors (Lipinski definition) is 0. The highest BCUT2D eigenvalue weighted by molar-refractivity contribution is 5.81. The Kier molecular flexibility index (Phi) is 4.77. The van der Waals surface area contributed by atoms with Crippen LogP contribution in [0.25, 0.3) is 28.2 Å². The molecule has 3 heterocycles. The first-order valence-electron chi connectivity index (χ1n) is 9.16. The number of ether oxygens (including phenoxy) is 1. The molecule has 1 aromatic carbocycles. The molecule has 0 fully saturated rings. The topological polar surface area (TPSA) is 69.4 Å². The van der Waals surface area contributed by atoms with Crippen molar-refractivity contribution >= 4 is 11.7 Å². The van der Waals surface area contributed by atoms with Gasteiger partial charge in [0.15, 0.2) is 0 Å². The van der Waals surface area contributed by atoms with Crippen molar-refractivity contribution in [2.24, 2.45) is 0 Å². The van der Waals surface area contributed by atoms with Crippen molar-refractivity contribution in [1.82, 2.24) is 19.4 Å². The zero-order valence-electron chi connectivity index (χ0n) is 16.6. The molecule has 0 saturated carbocycles. The molecule has 0 N–H and O–H groups in total. The van der Waals surface area contributed by atoms with E-state index >= 15 is 4.39 Å². The number of imidazole rings is 1. The largest absolute Gasteiger partial charge is 0.468 e. The van der Waals surface area contributed by atoms with Gasteiger partial charge in [0.2, 0.25) is 5.78 Å². The van der Waals surface area contributed by atoms with Crippen molar-refractivity contribution in [1.29, 1.82) is 0 Å². The normalized spacial score (nSPS) is 11.6. The number of nitrogens with zero attached hydrogens (tertiary/aromatic N) is 4. The standard InChI is InChI=1S/C22H18F2N4O2/c1-22(2,20(29)30-3)17-8-10-28-16(12-26-21(28)27-17)14-6-7-15(23)18(19(14)24)13-5-4-9-25-11-13/h4-12H,1-3H3. The smallest absolute Gasteiger partial charge is 0.317 e. The quantitative estimate of drug-likeness (QED) is 0.474. The number of carbonyl (C=O) groups excluding carboxylic acids is 1. The Labute approximate surface area is 171 Å².